The minimum absolute atomic E-state index is 0.106. The zero-order valence-corrected chi connectivity index (χ0v) is 17.5. The average Bonchev–Trinajstić information content (AvgIpc) is 3.10. The lowest BCUT2D eigenvalue weighted by Gasteiger charge is -2.24. The number of aryl methyl sites for hydroxylation is 1. The number of sulfonamides is 1. The smallest absolute Gasteiger partial charge is 0.268 e. The zero-order chi connectivity index (χ0) is 20.5. The van der Waals surface area contributed by atoms with Crippen LogP contribution in [0, 0.1) is 6.92 Å². The number of ether oxygens (including phenoxy) is 1. The Bertz CT molecular complexity index is 968. The first-order valence-corrected chi connectivity index (χ1v) is 10.8. The highest BCUT2D eigenvalue weighted by atomic mass is 32.2. The first-order valence-electron chi connectivity index (χ1n) is 9.34. The van der Waals surface area contributed by atoms with Crippen molar-refractivity contribution in [1.82, 2.24) is 4.31 Å². The highest BCUT2D eigenvalue weighted by Gasteiger charge is 2.31. The summed E-state index contributed by atoms with van der Waals surface area (Å²) in [4.78, 5) is 15.0. The molecule has 0 N–H and O–H groups in total. The molecule has 0 fully saturated rings. The normalized spacial score (nSPS) is 14.8. The monoisotopic (exact) mass is 402 g/mol. The minimum atomic E-state index is -3.50. The van der Waals surface area contributed by atoms with Crippen LogP contribution in [0.1, 0.15) is 24.5 Å². The molecule has 0 aromatic heterocycles. The van der Waals surface area contributed by atoms with Gasteiger partial charge in [0.1, 0.15) is 5.75 Å². The van der Waals surface area contributed by atoms with Crippen LogP contribution in [-0.4, -0.2) is 45.4 Å². The van der Waals surface area contributed by atoms with Gasteiger partial charge in [-0.3, -0.25) is 4.79 Å². The van der Waals surface area contributed by atoms with Crippen molar-refractivity contribution < 1.29 is 17.9 Å². The van der Waals surface area contributed by atoms with Gasteiger partial charge in [-0.05, 0) is 55.7 Å². The zero-order valence-electron chi connectivity index (χ0n) is 16.7. The third kappa shape index (κ3) is 3.91. The number of anilines is 1. The molecule has 0 spiro atoms. The summed E-state index contributed by atoms with van der Waals surface area (Å²) in [6.45, 7) is 4.44. The van der Waals surface area contributed by atoms with Crippen LogP contribution in [-0.2, 0) is 21.2 Å². The summed E-state index contributed by atoms with van der Waals surface area (Å²) in [5, 5.41) is 0. The molecular formula is C21H26N2O4S. The Morgan fingerprint density at radius 2 is 1.86 bits per heavy atom. The summed E-state index contributed by atoms with van der Waals surface area (Å²) < 4.78 is 31.8. The highest BCUT2D eigenvalue weighted by molar-refractivity contribution is 7.89. The van der Waals surface area contributed by atoms with Crippen LogP contribution in [0.15, 0.2) is 47.4 Å². The molecule has 1 aliphatic heterocycles. The van der Waals surface area contributed by atoms with E-state index in [0.29, 0.717) is 25.1 Å². The van der Waals surface area contributed by atoms with Crippen molar-refractivity contribution >= 4 is 21.6 Å². The molecular weight excluding hydrogens is 376 g/mol. The van der Waals surface area contributed by atoms with Gasteiger partial charge in [0, 0.05) is 26.3 Å². The Hall–Kier alpha value is -2.38. The maximum absolute atomic E-state index is 13.1. The van der Waals surface area contributed by atoms with Gasteiger partial charge in [-0.2, -0.15) is 0 Å². The molecule has 7 heteroatoms. The number of hydrogen-bond donors (Lipinski definition) is 0. The van der Waals surface area contributed by atoms with Crippen molar-refractivity contribution in [3.63, 3.8) is 0 Å². The molecule has 1 amide bonds. The highest BCUT2D eigenvalue weighted by Crippen LogP contribution is 2.32. The van der Waals surface area contributed by atoms with E-state index in [0.717, 1.165) is 16.8 Å². The lowest BCUT2D eigenvalue weighted by Crippen LogP contribution is -2.41. The van der Waals surface area contributed by atoms with Crippen LogP contribution in [0.5, 0.6) is 5.75 Å². The summed E-state index contributed by atoms with van der Waals surface area (Å²) in [5.74, 6) is 0.558. The third-order valence-electron chi connectivity index (χ3n) is 4.94. The van der Waals surface area contributed by atoms with Crippen molar-refractivity contribution in [2.75, 3.05) is 25.5 Å². The quantitative estimate of drug-likeness (QED) is 0.745. The van der Waals surface area contributed by atoms with Crippen molar-refractivity contribution in [2.45, 2.75) is 37.7 Å². The second kappa shape index (κ2) is 7.93. The van der Waals surface area contributed by atoms with E-state index in [1.165, 1.54) is 18.4 Å². The van der Waals surface area contributed by atoms with E-state index in [9.17, 15) is 13.2 Å². The summed E-state index contributed by atoms with van der Waals surface area (Å²) in [6, 6.07) is 12.6. The van der Waals surface area contributed by atoms with Crippen LogP contribution in [0.2, 0.25) is 0 Å². The molecule has 0 aliphatic carbocycles. The van der Waals surface area contributed by atoms with Gasteiger partial charge in [-0.15, -0.1) is 0 Å². The molecule has 1 aliphatic rings. The van der Waals surface area contributed by atoms with Crippen LogP contribution in [0.25, 0.3) is 0 Å². The van der Waals surface area contributed by atoms with Gasteiger partial charge < -0.3 is 9.64 Å². The molecule has 28 heavy (non-hydrogen) atoms. The number of nitrogens with zero attached hydrogens (tertiary/aromatic N) is 2. The predicted molar refractivity (Wildman–Crippen MR) is 109 cm³/mol. The fourth-order valence-corrected chi connectivity index (χ4v) is 4.19. The van der Waals surface area contributed by atoms with Crippen LogP contribution in [0.4, 0.5) is 5.69 Å². The third-order valence-corrected chi connectivity index (χ3v) is 6.75. The Morgan fingerprint density at radius 3 is 2.46 bits per heavy atom. The number of carbonyl (C=O) groups is 1. The summed E-state index contributed by atoms with van der Waals surface area (Å²) in [7, 11) is -0.483. The molecule has 2 aromatic carbocycles. The van der Waals surface area contributed by atoms with Crippen molar-refractivity contribution in [3.05, 3.63) is 53.6 Å². The van der Waals surface area contributed by atoms with Crippen LogP contribution >= 0.6 is 0 Å². The topological polar surface area (TPSA) is 66.9 Å². The van der Waals surface area contributed by atoms with Crippen LogP contribution in [0.3, 0.4) is 0 Å². The first-order chi connectivity index (χ1) is 13.2. The molecule has 0 radical (unpaired) electrons. The van der Waals surface area contributed by atoms with E-state index in [2.05, 4.69) is 0 Å². The van der Waals surface area contributed by atoms with Gasteiger partial charge in [-0.1, -0.05) is 24.6 Å². The molecule has 150 valence electrons. The second-order valence-corrected chi connectivity index (χ2v) is 9.30. The Balaban J connectivity index is 1.82. The largest absolute Gasteiger partial charge is 0.481 e. The van der Waals surface area contributed by atoms with Gasteiger partial charge in [0.15, 0.2) is 6.10 Å². The van der Waals surface area contributed by atoms with E-state index in [1.807, 2.05) is 38.1 Å². The molecule has 1 atom stereocenters. The van der Waals surface area contributed by atoms with Gasteiger partial charge in [0.25, 0.3) is 5.91 Å². The molecule has 1 heterocycles. The van der Waals surface area contributed by atoms with Gasteiger partial charge in [0.2, 0.25) is 10.0 Å². The second-order valence-electron chi connectivity index (χ2n) is 7.15. The molecule has 3 rings (SSSR count). The molecule has 0 saturated carbocycles. The van der Waals surface area contributed by atoms with Crippen molar-refractivity contribution in [2.24, 2.45) is 0 Å². The van der Waals surface area contributed by atoms with E-state index in [-0.39, 0.29) is 10.8 Å². The summed E-state index contributed by atoms with van der Waals surface area (Å²) in [6.07, 6.45) is 0.587. The standard InChI is InChI=1S/C21H26N2O4S/c1-5-20(27-17-8-6-15(2)7-9-17)21(24)23-13-12-16-14-18(10-11-19(16)23)28(25,26)22(3)4/h6-11,14,20H,5,12-13H2,1-4H3. The predicted octanol–water partition coefficient (Wildman–Crippen LogP) is 2.99. The number of fused-ring (bicyclic) bond motifs is 1. The molecule has 0 bridgehead atoms. The number of carbonyl (C=O) groups excluding carboxylic acids is 1. The van der Waals surface area contributed by atoms with Gasteiger partial charge >= 0.3 is 0 Å². The van der Waals surface area contributed by atoms with Gasteiger partial charge in [-0.25, -0.2) is 12.7 Å². The van der Waals surface area contributed by atoms with E-state index < -0.39 is 16.1 Å². The van der Waals surface area contributed by atoms with Crippen molar-refractivity contribution in [1.29, 1.82) is 0 Å². The van der Waals surface area contributed by atoms with Crippen LogP contribution < -0.4 is 9.64 Å². The fourth-order valence-electron chi connectivity index (χ4n) is 3.24. The van der Waals surface area contributed by atoms with Crippen molar-refractivity contribution in [3.8, 4) is 5.75 Å². The molecule has 2 aromatic rings. The van der Waals surface area contributed by atoms with E-state index >= 15 is 0 Å². The molecule has 6 nitrogen and oxygen atoms in total. The van der Waals surface area contributed by atoms with Gasteiger partial charge in [0.05, 0.1) is 4.90 Å². The fraction of sp³-hybridized carbons (Fsp3) is 0.381. The van der Waals surface area contributed by atoms with E-state index in [4.69, 9.17) is 4.74 Å². The SMILES string of the molecule is CCC(Oc1ccc(C)cc1)C(=O)N1CCc2cc(S(=O)(=O)N(C)C)ccc21. The lowest BCUT2D eigenvalue weighted by molar-refractivity contribution is -0.125. The maximum Gasteiger partial charge on any atom is 0.268 e. The number of hydrogen-bond acceptors (Lipinski definition) is 4. The average molecular weight is 403 g/mol. The minimum Gasteiger partial charge on any atom is -0.481 e. The number of benzene rings is 2. The summed E-state index contributed by atoms with van der Waals surface area (Å²) in [5.41, 5.74) is 2.75. The Kier molecular flexibility index (Phi) is 5.76. The first kappa shape index (κ1) is 20.4. The molecule has 1 unspecified atom stereocenters. The Morgan fingerprint density at radius 1 is 1.18 bits per heavy atom. The lowest BCUT2D eigenvalue weighted by atomic mass is 10.1. The number of amides is 1. The van der Waals surface area contributed by atoms with E-state index in [1.54, 1.807) is 23.1 Å². The molecule has 0 saturated heterocycles. The number of rotatable bonds is 6. The summed E-state index contributed by atoms with van der Waals surface area (Å²) >= 11 is 0. The maximum atomic E-state index is 13.1. The Labute approximate surface area is 166 Å².